The van der Waals surface area contributed by atoms with Gasteiger partial charge in [0, 0.05) is 24.7 Å². The summed E-state index contributed by atoms with van der Waals surface area (Å²) in [4.78, 5) is 9.26. The average molecular weight is 348 g/mol. The van der Waals surface area contributed by atoms with Crippen molar-refractivity contribution >= 4 is 11.8 Å². The Morgan fingerprint density at radius 2 is 1.69 bits per heavy atom. The molecular weight excluding hydrogens is 324 g/mol. The van der Waals surface area contributed by atoms with Crippen molar-refractivity contribution in [1.82, 2.24) is 9.97 Å². The molecule has 134 valence electrons. The minimum absolute atomic E-state index is 0.612. The number of hydrogen-bond acceptors (Lipinski definition) is 5. The summed E-state index contributed by atoms with van der Waals surface area (Å²) in [5.41, 5.74) is 3.11. The van der Waals surface area contributed by atoms with E-state index in [-0.39, 0.29) is 0 Å². The fourth-order valence-corrected chi connectivity index (χ4v) is 2.55. The topological polar surface area (TPSA) is 59.1 Å². The molecule has 0 amide bonds. The van der Waals surface area contributed by atoms with E-state index in [0.29, 0.717) is 12.5 Å². The van der Waals surface area contributed by atoms with Gasteiger partial charge in [-0.1, -0.05) is 49.4 Å². The van der Waals surface area contributed by atoms with Gasteiger partial charge in [0.2, 0.25) is 5.95 Å². The van der Waals surface area contributed by atoms with Gasteiger partial charge in [0.05, 0.1) is 12.8 Å². The van der Waals surface area contributed by atoms with Gasteiger partial charge in [0.1, 0.15) is 11.6 Å². The van der Waals surface area contributed by atoms with E-state index >= 15 is 0 Å². The van der Waals surface area contributed by atoms with Crippen molar-refractivity contribution in [1.29, 1.82) is 0 Å². The summed E-state index contributed by atoms with van der Waals surface area (Å²) in [6, 6.07) is 20.1. The first-order valence-electron chi connectivity index (χ1n) is 8.83. The van der Waals surface area contributed by atoms with Gasteiger partial charge < -0.3 is 15.4 Å². The zero-order chi connectivity index (χ0) is 18.2. The van der Waals surface area contributed by atoms with Gasteiger partial charge in [0.15, 0.2) is 0 Å². The van der Waals surface area contributed by atoms with Crippen LogP contribution >= 0.6 is 0 Å². The molecule has 0 aliphatic carbocycles. The zero-order valence-electron chi connectivity index (χ0n) is 15.2. The molecule has 0 spiro atoms. The molecule has 2 aromatic carbocycles. The van der Waals surface area contributed by atoms with Crippen LogP contribution in [0, 0.1) is 0 Å². The Kier molecular flexibility index (Phi) is 6.04. The van der Waals surface area contributed by atoms with Crippen LogP contribution in [0.15, 0.2) is 60.7 Å². The number of anilines is 2. The predicted molar refractivity (Wildman–Crippen MR) is 107 cm³/mol. The first kappa shape index (κ1) is 17.7. The van der Waals surface area contributed by atoms with Crippen LogP contribution < -0.4 is 15.4 Å². The highest BCUT2D eigenvalue weighted by molar-refractivity contribution is 5.64. The lowest BCUT2D eigenvalue weighted by Gasteiger charge is -2.11. The summed E-state index contributed by atoms with van der Waals surface area (Å²) >= 11 is 0. The number of hydrogen-bond donors (Lipinski definition) is 2. The quantitative estimate of drug-likeness (QED) is 0.624. The number of nitrogens with one attached hydrogen (secondary N) is 2. The third-order valence-electron chi connectivity index (χ3n) is 3.96. The van der Waals surface area contributed by atoms with Crippen molar-refractivity contribution in [2.45, 2.75) is 19.9 Å². The normalized spacial score (nSPS) is 10.4. The Balaban J connectivity index is 1.80. The molecular formula is C21H24N4O. The van der Waals surface area contributed by atoms with E-state index in [0.717, 1.165) is 41.4 Å². The molecule has 2 N–H and O–H groups in total. The maximum atomic E-state index is 5.20. The molecule has 0 bridgehead atoms. The lowest BCUT2D eigenvalue weighted by atomic mass is 10.1. The molecule has 3 aromatic rings. The Labute approximate surface area is 154 Å². The van der Waals surface area contributed by atoms with Crippen molar-refractivity contribution in [3.8, 4) is 17.0 Å². The van der Waals surface area contributed by atoms with Crippen LogP contribution in [0.2, 0.25) is 0 Å². The van der Waals surface area contributed by atoms with E-state index in [1.165, 1.54) is 0 Å². The highest BCUT2D eigenvalue weighted by atomic mass is 16.5. The van der Waals surface area contributed by atoms with Gasteiger partial charge in [-0.05, 0) is 24.1 Å². The first-order valence-corrected chi connectivity index (χ1v) is 8.83. The molecule has 5 heteroatoms. The van der Waals surface area contributed by atoms with E-state index in [2.05, 4.69) is 39.7 Å². The van der Waals surface area contributed by atoms with Gasteiger partial charge >= 0.3 is 0 Å². The second-order valence-electron chi connectivity index (χ2n) is 5.96. The molecule has 1 heterocycles. The molecule has 0 saturated carbocycles. The van der Waals surface area contributed by atoms with Gasteiger partial charge in [-0.2, -0.15) is 4.98 Å². The minimum Gasteiger partial charge on any atom is -0.497 e. The van der Waals surface area contributed by atoms with Crippen LogP contribution in [0.3, 0.4) is 0 Å². The summed E-state index contributed by atoms with van der Waals surface area (Å²) in [5, 5.41) is 6.67. The van der Waals surface area contributed by atoms with Crippen molar-refractivity contribution in [3.05, 3.63) is 66.2 Å². The minimum atomic E-state index is 0.612. The predicted octanol–water partition coefficient (Wildman–Crippen LogP) is 4.59. The Morgan fingerprint density at radius 3 is 2.38 bits per heavy atom. The Hall–Kier alpha value is -3.08. The number of aromatic nitrogens is 2. The number of nitrogens with zero attached hydrogens (tertiary/aromatic N) is 2. The lowest BCUT2D eigenvalue weighted by molar-refractivity contribution is 0.414. The van der Waals surface area contributed by atoms with E-state index in [1.54, 1.807) is 7.11 Å². The molecule has 26 heavy (non-hydrogen) atoms. The lowest BCUT2D eigenvalue weighted by Crippen LogP contribution is -2.08. The van der Waals surface area contributed by atoms with Crippen molar-refractivity contribution in [2.75, 3.05) is 24.3 Å². The SMILES string of the molecule is CCCNc1cc(-c2ccccc2)nc(NCc2ccc(OC)cc2)n1. The highest BCUT2D eigenvalue weighted by Crippen LogP contribution is 2.21. The largest absolute Gasteiger partial charge is 0.497 e. The third-order valence-corrected chi connectivity index (χ3v) is 3.96. The fourth-order valence-electron chi connectivity index (χ4n) is 2.55. The summed E-state index contributed by atoms with van der Waals surface area (Å²) in [5.74, 6) is 2.29. The van der Waals surface area contributed by atoms with E-state index in [4.69, 9.17) is 4.74 Å². The van der Waals surface area contributed by atoms with Gasteiger partial charge in [0.25, 0.3) is 0 Å². The maximum Gasteiger partial charge on any atom is 0.225 e. The van der Waals surface area contributed by atoms with Crippen molar-refractivity contribution in [2.24, 2.45) is 0 Å². The second-order valence-corrected chi connectivity index (χ2v) is 5.96. The van der Waals surface area contributed by atoms with E-state index < -0.39 is 0 Å². The van der Waals surface area contributed by atoms with Gasteiger partial charge in [-0.15, -0.1) is 0 Å². The van der Waals surface area contributed by atoms with Crippen LogP contribution in [-0.4, -0.2) is 23.6 Å². The molecule has 0 saturated heterocycles. The average Bonchev–Trinajstić information content (AvgIpc) is 2.71. The molecule has 5 nitrogen and oxygen atoms in total. The Morgan fingerprint density at radius 1 is 0.923 bits per heavy atom. The summed E-state index contributed by atoms with van der Waals surface area (Å²) in [6.07, 6.45) is 1.04. The summed E-state index contributed by atoms with van der Waals surface area (Å²) < 4.78 is 5.20. The molecule has 3 rings (SSSR count). The number of ether oxygens (including phenoxy) is 1. The molecule has 0 unspecified atom stereocenters. The van der Waals surface area contributed by atoms with Crippen LogP contribution in [-0.2, 0) is 6.54 Å². The van der Waals surface area contributed by atoms with Gasteiger partial charge in [-0.25, -0.2) is 4.98 Å². The Bertz CT molecular complexity index is 819. The number of methoxy groups -OCH3 is 1. The zero-order valence-corrected chi connectivity index (χ0v) is 15.2. The molecule has 0 fully saturated rings. The van der Waals surface area contributed by atoms with E-state index in [9.17, 15) is 0 Å². The molecule has 0 atom stereocenters. The summed E-state index contributed by atoms with van der Waals surface area (Å²) in [7, 11) is 1.67. The van der Waals surface area contributed by atoms with Crippen LogP contribution in [0.5, 0.6) is 5.75 Å². The number of rotatable bonds is 8. The second kappa shape index (κ2) is 8.85. The molecule has 0 aliphatic rings. The van der Waals surface area contributed by atoms with Crippen molar-refractivity contribution < 1.29 is 4.74 Å². The third kappa shape index (κ3) is 4.72. The van der Waals surface area contributed by atoms with E-state index in [1.807, 2.05) is 48.5 Å². The maximum absolute atomic E-state index is 5.20. The monoisotopic (exact) mass is 348 g/mol. The van der Waals surface area contributed by atoms with Crippen LogP contribution in [0.4, 0.5) is 11.8 Å². The van der Waals surface area contributed by atoms with Crippen molar-refractivity contribution in [3.63, 3.8) is 0 Å². The summed E-state index contributed by atoms with van der Waals surface area (Å²) in [6.45, 7) is 3.66. The molecule has 0 aliphatic heterocycles. The van der Waals surface area contributed by atoms with Crippen LogP contribution in [0.25, 0.3) is 11.3 Å². The standard InChI is InChI=1S/C21H24N4O/c1-3-13-22-20-14-19(17-7-5-4-6-8-17)24-21(25-20)23-15-16-9-11-18(26-2)12-10-16/h4-12,14H,3,13,15H2,1-2H3,(H2,22,23,24,25). The molecule has 1 aromatic heterocycles. The highest BCUT2D eigenvalue weighted by Gasteiger charge is 2.07. The smallest absolute Gasteiger partial charge is 0.225 e. The fraction of sp³-hybridized carbons (Fsp3) is 0.238. The van der Waals surface area contributed by atoms with Crippen LogP contribution in [0.1, 0.15) is 18.9 Å². The number of benzene rings is 2. The molecule has 0 radical (unpaired) electrons. The van der Waals surface area contributed by atoms with Gasteiger partial charge in [-0.3, -0.25) is 0 Å². The first-order chi connectivity index (χ1) is 12.8.